The lowest BCUT2D eigenvalue weighted by Gasteiger charge is -2.29. The molecule has 3 aromatic rings. The van der Waals surface area contributed by atoms with Crippen molar-refractivity contribution in [2.45, 2.75) is 19.3 Å². The standard InChI is InChI=1S/C23H22O2.CH2O3/c1-23(2,17-11-5-4-6-12-17)21-16-10-9-14-19(21)18-13-7-8-15-20(18)22(24)25-3;2-1(3)4/h4-16H,1-3H3;(H2,2,3,4). The maximum Gasteiger partial charge on any atom is 0.503 e. The largest absolute Gasteiger partial charge is 0.503 e. The van der Waals surface area contributed by atoms with Crippen LogP contribution >= 0.6 is 0 Å². The average Bonchev–Trinajstić information content (AvgIpc) is 2.73. The first-order valence-corrected chi connectivity index (χ1v) is 9.03. The van der Waals surface area contributed by atoms with Crippen molar-refractivity contribution < 1.29 is 24.5 Å². The van der Waals surface area contributed by atoms with Gasteiger partial charge in [0.1, 0.15) is 0 Å². The van der Waals surface area contributed by atoms with Gasteiger partial charge in [-0.15, -0.1) is 0 Å². The molecule has 29 heavy (non-hydrogen) atoms. The summed E-state index contributed by atoms with van der Waals surface area (Å²) in [5, 5.41) is 13.9. The van der Waals surface area contributed by atoms with Crippen LogP contribution in [0, 0.1) is 0 Å². The molecule has 3 rings (SSSR count). The zero-order valence-electron chi connectivity index (χ0n) is 16.6. The van der Waals surface area contributed by atoms with Crippen LogP contribution in [0.2, 0.25) is 0 Å². The van der Waals surface area contributed by atoms with E-state index in [1.807, 2.05) is 42.5 Å². The fourth-order valence-corrected chi connectivity index (χ4v) is 3.28. The molecule has 0 saturated carbocycles. The van der Waals surface area contributed by atoms with E-state index in [1.54, 1.807) is 0 Å². The molecular formula is C24H24O5. The van der Waals surface area contributed by atoms with Crippen LogP contribution in [0.5, 0.6) is 0 Å². The number of hydrogen-bond donors (Lipinski definition) is 2. The van der Waals surface area contributed by atoms with Crippen molar-refractivity contribution in [2.24, 2.45) is 0 Å². The molecule has 0 aliphatic rings. The minimum Gasteiger partial charge on any atom is -0.465 e. The number of esters is 1. The van der Waals surface area contributed by atoms with E-state index >= 15 is 0 Å². The van der Waals surface area contributed by atoms with E-state index in [0.29, 0.717) is 5.56 Å². The monoisotopic (exact) mass is 392 g/mol. The van der Waals surface area contributed by atoms with Crippen molar-refractivity contribution in [3.05, 3.63) is 95.6 Å². The van der Waals surface area contributed by atoms with Gasteiger partial charge in [0.05, 0.1) is 12.7 Å². The van der Waals surface area contributed by atoms with Gasteiger partial charge in [-0.05, 0) is 28.3 Å². The van der Waals surface area contributed by atoms with Crippen LogP contribution in [0.15, 0.2) is 78.9 Å². The molecule has 0 aliphatic carbocycles. The lowest BCUT2D eigenvalue weighted by Crippen LogP contribution is -2.20. The molecule has 2 N–H and O–H groups in total. The second kappa shape index (κ2) is 9.55. The number of methoxy groups -OCH3 is 1. The van der Waals surface area contributed by atoms with Crippen LogP contribution in [0.25, 0.3) is 11.1 Å². The van der Waals surface area contributed by atoms with E-state index in [4.69, 9.17) is 19.7 Å². The number of carbonyl (C=O) groups is 2. The van der Waals surface area contributed by atoms with E-state index < -0.39 is 6.16 Å². The summed E-state index contributed by atoms with van der Waals surface area (Å²) in [5.41, 5.74) is 4.75. The molecule has 0 bridgehead atoms. The van der Waals surface area contributed by atoms with Crippen LogP contribution in [-0.4, -0.2) is 29.4 Å². The van der Waals surface area contributed by atoms with Crippen LogP contribution in [0.4, 0.5) is 4.79 Å². The second-order valence-corrected chi connectivity index (χ2v) is 6.86. The molecule has 0 aliphatic heterocycles. The lowest BCUT2D eigenvalue weighted by molar-refractivity contribution is 0.0601. The molecule has 0 unspecified atom stereocenters. The van der Waals surface area contributed by atoms with Gasteiger partial charge in [-0.3, -0.25) is 0 Å². The first-order valence-electron chi connectivity index (χ1n) is 9.03. The number of carboxylic acid groups (broad SMARTS) is 2. The molecule has 150 valence electrons. The molecule has 3 aromatic carbocycles. The fraction of sp³-hybridized carbons (Fsp3) is 0.167. The molecule has 0 spiro atoms. The number of carbonyl (C=O) groups excluding carboxylic acids is 1. The summed E-state index contributed by atoms with van der Waals surface area (Å²) < 4.78 is 4.97. The van der Waals surface area contributed by atoms with Crippen molar-refractivity contribution in [1.29, 1.82) is 0 Å². The zero-order valence-corrected chi connectivity index (χ0v) is 16.6. The lowest BCUT2D eigenvalue weighted by atomic mass is 9.74. The van der Waals surface area contributed by atoms with Crippen LogP contribution in [-0.2, 0) is 10.2 Å². The molecule has 0 radical (unpaired) electrons. The summed E-state index contributed by atoms with van der Waals surface area (Å²) in [6.45, 7) is 4.42. The SMILES string of the molecule is COC(=O)c1ccccc1-c1ccccc1C(C)(C)c1ccccc1.O=C(O)O. The van der Waals surface area contributed by atoms with Crippen LogP contribution in [0.3, 0.4) is 0 Å². The Morgan fingerprint density at radius 3 is 1.83 bits per heavy atom. The Labute approximate surface area is 170 Å². The highest BCUT2D eigenvalue weighted by Crippen LogP contribution is 2.38. The van der Waals surface area contributed by atoms with Gasteiger partial charge < -0.3 is 14.9 Å². The number of rotatable bonds is 4. The molecule has 5 nitrogen and oxygen atoms in total. The molecule has 5 heteroatoms. The third-order valence-corrected chi connectivity index (χ3v) is 4.72. The Morgan fingerprint density at radius 1 is 0.759 bits per heavy atom. The normalized spacial score (nSPS) is 10.4. The summed E-state index contributed by atoms with van der Waals surface area (Å²) in [6.07, 6.45) is -1.83. The highest BCUT2D eigenvalue weighted by Gasteiger charge is 2.27. The maximum atomic E-state index is 12.2. The Hall–Kier alpha value is -3.60. The minimum atomic E-state index is -1.83. The zero-order chi connectivity index (χ0) is 21.4. The maximum absolute atomic E-state index is 12.2. The highest BCUT2D eigenvalue weighted by molar-refractivity contribution is 5.97. The van der Waals surface area contributed by atoms with Crippen molar-refractivity contribution in [2.75, 3.05) is 7.11 Å². The number of benzene rings is 3. The Morgan fingerprint density at radius 2 is 1.24 bits per heavy atom. The van der Waals surface area contributed by atoms with Gasteiger partial charge in [0.15, 0.2) is 0 Å². The Kier molecular flexibility index (Phi) is 7.15. The number of ether oxygens (including phenoxy) is 1. The summed E-state index contributed by atoms with van der Waals surface area (Å²) >= 11 is 0. The van der Waals surface area contributed by atoms with Gasteiger partial charge >= 0.3 is 12.1 Å². The van der Waals surface area contributed by atoms with E-state index in [9.17, 15) is 4.79 Å². The first kappa shape index (κ1) is 21.7. The minimum absolute atomic E-state index is 0.193. The highest BCUT2D eigenvalue weighted by atomic mass is 16.6. The van der Waals surface area contributed by atoms with Gasteiger partial charge in [0.2, 0.25) is 0 Å². The molecule has 0 saturated heterocycles. The summed E-state index contributed by atoms with van der Waals surface area (Å²) in [6, 6.07) is 26.3. The van der Waals surface area contributed by atoms with Gasteiger partial charge in [-0.2, -0.15) is 0 Å². The third-order valence-electron chi connectivity index (χ3n) is 4.72. The summed E-state index contributed by atoms with van der Waals surface area (Å²) in [7, 11) is 1.42. The molecule has 0 fully saturated rings. The van der Waals surface area contributed by atoms with Crippen molar-refractivity contribution in [1.82, 2.24) is 0 Å². The van der Waals surface area contributed by atoms with E-state index in [0.717, 1.165) is 11.1 Å². The molecule has 0 aromatic heterocycles. The van der Waals surface area contributed by atoms with Gasteiger partial charge in [0.25, 0.3) is 0 Å². The number of hydrogen-bond acceptors (Lipinski definition) is 3. The van der Waals surface area contributed by atoms with Crippen LogP contribution < -0.4 is 0 Å². The Balaban J connectivity index is 0.000000687. The van der Waals surface area contributed by atoms with Gasteiger partial charge in [0, 0.05) is 5.41 Å². The van der Waals surface area contributed by atoms with E-state index in [-0.39, 0.29) is 11.4 Å². The molecule has 0 heterocycles. The quantitative estimate of drug-likeness (QED) is 0.557. The van der Waals surface area contributed by atoms with Crippen molar-refractivity contribution in [3.8, 4) is 11.1 Å². The fourth-order valence-electron chi connectivity index (χ4n) is 3.28. The first-order chi connectivity index (χ1) is 13.8. The summed E-state index contributed by atoms with van der Waals surface area (Å²) in [4.78, 5) is 20.8. The third kappa shape index (κ3) is 5.23. The topological polar surface area (TPSA) is 83.8 Å². The van der Waals surface area contributed by atoms with Gasteiger partial charge in [-0.1, -0.05) is 86.6 Å². The Bertz CT molecular complexity index is 973. The molecule has 0 atom stereocenters. The second-order valence-electron chi connectivity index (χ2n) is 6.86. The molecular weight excluding hydrogens is 368 g/mol. The molecule has 0 amide bonds. The van der Waals surface area contributed by atoms with Crippen LogP contribution in [0.1, 0.15) is 35.3 Å². The van der Waals surface area contributed by atoms with E-state index in [1.165, 1.54) is 18.2 Å². The smallest absolute Gasteiger partial charge is 0.465 e. The van der Waals surface area contributed by atoms with Crippen molar-refractivity contribution in [3.63, 3.8) is 0 Å². The van der Waals surface area contributed by atoms with Crippen molar-refractivity contribution >= 4 is 12.1 Å². The predicted octanol–water partition coefficient (Wildman–Crippen LogP) is 5.69. The van der Waals surface area contributed by atoms with Gasteiger partial charge in [-0.25, -0.2) is 9.59 Å². The summed E-state index contributed by atoms with van der Waals surface area (Å²) in [5.74, 6) is -0.317. The van der Waals surface area contributed by atoms with E-state index in [2.05, 4.69) is 50.2 Å². The average molecular weight is 392 g/mol. The predicted molar refractivity (Wildman–Crippen MR) is 112 cm³/mol.